The molecule has 2 N–H and O–H groups in total. The fourth-order valence-corrected chi connectivity index (χ4v) is 3.42. The Hall–Kier alpha value is -1.41. The second-order valence-electron chi connectivity index (χ2n) is 5.59. The van der Waals surface area contributed by atoms with Gasteiger partial charge in [0.05, 0.1) is 6.10 Å². The lowest BCUT2D eigenvalue weighted by Gasteiger charge is -2.32. The first-order chi connectivity index (χ1) is 9.56. The smallest absolute Gasteiger partial charge is 0.178 e. The standard InChI is InChI=1S/C15H23N3OS/c1-4-18(9-11-6-5-7-11)15-14(19-10(2)3)13(17)12(8-16)20-15/h10-11H,4-7,9,17H2,1-3H3. The van der Waals surface area contributed by atoms with Crippen LogP contribution in [0.4, 0.5) is 10.7 Å². The topological polar surface area (TPSA) is 62.3 Å². The van der Waals surface area contributed by atoms with Crippen molar-refractivity contribution in [3.63, 3.8) is 0 Å². The fraction of sp³-hybridized carbons (Fsp3) is 0.667. The predicted molar refractivity (Wildman–Crippen MR) is 84.4 cm³/mol. The molecular weight excluding hydrogens is 270 g/mol. The number of rotatable bonds is 6. The highest BCUT2D eigenvalue weighted by molar-refractivity contribution is 7.17. The van der Waals surface area contributed by atoms with E-state index in [-0.39, 0.29) is 6.10 Å². The van der Waals surface area contributed by atoms with Crippen LogP contribution in [-0.4, -0.2) is 19.2 Å². The van der Waals surface area contributed by atoms with Gasteiger partial charge in [-0.15, -0.1) is 11.3 Å². The van der Waals surface area contributed by atoms with E-state index in [0.717, 1.165) is 24.0 Å². The van der Waals surface area contributed by atoms with E-state index in [1.54, 1.807) is 0 Å². The van der Waals surface area contributed by atoms with Crippen LogP contribution in [0.3, 0.4) is 0 Å². The molecule has 110 valence electrons. The highest BCUT2D eigenvalue weighted by Gasteiger charge is 2.26. The summed E-state index contributed by atoms with van der Waals surface area (Å²) < 4.78 is 5.87. The number of nitriles is 1. The van der Waals surface area contributed by atoms with Crippen molar-refractivity contribution in [1.82, 2.24) is 0 Å². The van der Waals surface area contributed by atoms with E-state index in [2.05, 4.69) is 17.9 Å². The van der Waals surface area contributed by atoms with Gasteiger partial charge in [-0.2, -0.15) is 5.26 Å². The van der Waals surface area contributed by atoms with Crippen LogP contribution in [0.5, 0.6) is 5.75 Å². The van der Waals surface area contributed by atoms with Crippen LogP contribution in [0.25, 0.3) is 0 Å². The molecule has 2 rings (SSSR count). The molecule has 0 atom stereocenters. The summed E-state index contributed by atoms with van der Waals surface area (Å²) >= 11 is 1.45. The molecule has 0 amide bonds. The minimum Gasteiger partial charge on any atom is -0.486 e. The first kappa shape index (κ1) is 15.0. The van der Waals surface area contributed by atoms with Gasteiger partial charge in [-0.3, -0.25) is 0 Å². The molecule has 20 heavy (non-hydrogen) atoms. The van der Waals surface area contributed by atoms with Crippen LogP contribution < -0.4 is 15.4 Å². The van der Waals surface area contributed by atoms with Crippen molar-refractivity contribution in [2.45, 2.75) is 46.1 Å². The monoisotopic (exact) mass is 293 g/mol. The molecule has 0 bridgehead atoms. The van der Waals surface area contributed by atoms with E-state index < -0.39 is 0 Å². The molecule has 5 heteroatoms. The average molecular weight is 293 g/mol. The second kappa shape index (κ2) is 6.36. The number of anilines is 2. The number of nitrogens with zero attached hydrogens (tertiary/aromatic N) is 2. The molecule has 1 fully saturated rings. The fourth-order valence-electron chi connectivity index (χ4n) is 2.40. The molecule has 0 radical (unpaired) electrons. The summed E-state index contributed by atoms with van der Waals surface area (Å²) in [5.74, 6) is 1.47. The van der Waals surface area contributed by atoms with E-state index in [1.807, 2.05) is 13.8 Å². The largest absolute Gasteiger partial charge is 0.486 e. The SMILES string of the molecule is CCN(CC1CCC1)c1sc(C#N)c(N)c1OC(C)C. The van der Waals surface area contributed by atoms with Gasteiger partial charge in [-0.05, 0) is 39.5 Å². The zero-order valence-electron chi connectivity index (χ0n) is 12.5. The summed E-state index contributed by atoms with van der Waals surface area (Å²) in [5, 5.41) is 10.2. The molecule has 4 nitrogen and oxygen atoms in total. The quantitative estimate of drug-likeness (QED) is 0.870. The highest BCUT2D eigenvalue weighted by atomic mass is 32.1. The Morgan fingerprint density at radius 2 is 2.20 bits per heavy atom. The molecule has 0 spiro atoms. The van der Waals surface area contributed by atoms with Gasteiger partial charge >= 0.3 is 0 Å². The summed E-state index contributed by atoms with van der Waals surface area (Å²) in [6.45, 7) is 8.05. The highest BCUT2D eigenvalue weighted by Crippen LogP contribution is 2.45. The first-order valence-electron chi connectivity index (χ1n) is 7.30. The van der Waals surface area contributed by atoms with Crippen molar-refractivity contribution in [1.29, 1.82) is 5.26 Å². The third kappa shape index (κ3) is 3.01. The summed E-state index contributed by atoms with van der Waals surface area (Å²) in [6.07, 6.45) is 4.01. The summed E-state index contributed by atoms with van der Waals surface area (Å²) in [7, 11) is 0. The number of nitrogen functional groups attached to an aromatic ring is 1. The Morgan fingerprint density at radius 3 is 2.65 bits per heavy atom. The molecule has 1 aliphatic carbocycles. The summed E-state index contributed by atoms with van der Waals surface area (Å²) in [6, 6.07) is 2.18. The van der Waals surface area contributed by atoms with Gasteiger partial charge in [-0.1, -0.05) is 6.42 Å². The average Bonchev–Trinajstić information content (AvgIpc) is 2.66. The number of hydrogen-bond donors (Lipinski definition) is 1. The first-order valence-corrected chi connectivity index (χ1v) is 8.12. The Morgan fingerprint density at radius 1 is 1.50 bits per heavy atom. The predicted octanol–water partition coefficient (Wildman–Crippen LogP) is 3.62. The number of nitrogens with two attached hydrogens (primary N) is 1. The number of ether oxygens (including phenoxy) is 1. The van der Waals surface area contributed by atoms with Crippen LogP contribution in [0.1, 0.15) is 44.9 Å². The summed E-state index contributed by atoms with van der Waals surface area (Å²) in [4.78, 5) is 2.87. The Kier molecular flexibility index (Phi) is 4.77. The van der Waals surface area contributed by atoms with Crippen LogP contribution in [0.15, 0.2) is 0 Å². The van der Waals surface area contributed by atoms with Crippen LogP contribution >= 0.6 is 11.3 Å². The van der Waals surface area contributed by atoms with E-state index in [0.29, 0.717) is 16.3 Å². The van der Waals surface area contributed by atoms with Crippen molar-refractivity contribution < 1.29 is 4.74 Å². The lowest BCUT2D eigenvalue weighted by molar-refractivity contribution is 0.244. The van der Waals surface area contributed by atoms with Crippen molar-refractivity contribution >= 4 is 22.0 Å². The molecule has 1 heterocycles. The lowest BCUT2D eigenvalue weighted by atomic mass is 9.85. The molecule has 1 aromatic rings. The van der Waals surface area contributed by atoms with Crippen LogP contribution in [-0.2, 0) is 0 Å². The number of thiophene rings is 1. The molecule has 0 saturated heterocycles. The maximum Gasteiger partial charge on any atom is 0.178 e. The van der Waals surface area contributed by atoms with Crippen LogP contribution in [0.2, 0.25) is 0 Å². The van der Waals surface area contributed by atoms with Crippen molar-refractivity contribution in [2.24, 2.45) is 5.92 Å². The van der Waals surface area contributed by atoms with Gasteiger partial charge in [0.15, 0.2) is 5.75 Å². The van der Waals surface area contributed by atoms with Crippen molar-refractivity contribution in [3.8, 4) is 11.8 Å². The zero-order valence-corrected chi connectivity index (χ0v) is 13.3. The van der Waals surface area contributed by atoms with E-state index in [4.69, 9.17) is 10.5 Å². The third-order valence-corrected chi connectivity index (χ3v) is 4.86. The van der Waals surface area contributed by atoms with Gasteiger partial charge in [0, 0.05) is 13.1 Å². The molecule has 0 aliphatic heterocycles. The molecule has 1 saturated carbocycles. The van der Waals surface area contributed by atoms with E-state index in [9.17, 15) is 5.26 Å². The van der Waals surface area contributed by atoms with Gasteiger partial charge in [0.2, 0.25) is 0 Å². The second-order valence-corrected chi connectivity index (χ2v) is 6.59. The van der Waals surface area contributed by atoms with E-state index >= 15 is 0 Å². The third-order valence-electron chi connectivity index (χ3n) is 3.71. The molecular formula is C15H23N3OS. The maximum atomic E-state index is 9.19. The molecule has 0 unspecified atom stereocenters. The number of hydrogen-bond acceptors (Lipinski definition) is 5. The molecule has 1 aromatic heterocycles. The molecule has 0 aromatic carbocycles. The Bertz CT molecular complexity index is 500. The van der Waals surface area contributed by atoms with Gasteiger partial charge in [-0.25, -0.2) is 0 Å². The summed E-state index contributed by atoms with van der Waals surface area (Å²) in [5.41, 5.74) is 6.56. The zero-order chi connectivity index (χ0) is 14.7. The lowest BCUT2D eigenvalue weighted by Crippen LogP contribution is -2.32. The molecule has 1 aliphatic rings. The van der Waals surface area contributed by atoms with Gasteiger partial charge in [0.25, 0.3) is 0 Å². The van der Waals surface area contributed by atoms with Crippen LogP contribution in [0, 0.1) is 17.2 Å². The van der Waals surface area contributed by atoms with Crippen molar-refractivity contribution in [2.75, 3.05) is 23.7 Å². The minimum atomic E-state index is 0.0552. The normalized spacial score (nSPS) is 14.9. The Labute approximate surface area is 125 Å². The Balaban J connectivity index is 2.29. The van der Waals surface area contributed by atoms with Gasteiger partial charge in [0.1, 0.15) is 21.6 Å². The van der Waals surface area contributed by atoms with Gasteiger partial charge < -0.3 is 15.4 Å². The van der Waals surface area contributed by atoms with E-state index in [1.165, 1.54) is 30.6 Å². The van der Waals surface area contributed by atoms with Crippen molar-refractivity contribution in [3.05, 3.63) is 4.88 Å². The minimum absolute atomic E-state index is 0.0552. The maximum absolute atomic E-state index is 9.19.